The lowest BCUT2D eigenvalue weighted by molar-refractivity contribution is -0.0936. The van der Waals surface area contributed by atoms with Gasteiger partial charge in [-0.1, -0.05) is 19.6 Å². The van der Waals surface area contributed by atoms with Crippen LogP contribution in [-0.2, 0) is 4.74 Å². The summed E-state index contributed by atoms with van der Waals surface area (Å²) in [6, 6.07) is 0.315. The molecule has 2 unspecified atom stereocenters. The van der Waals surface area contributed by atoms with E-state index in [1.54, 1.807) is 11.8 Å². The molecule has 0 fully saturated rings. The van der Waals surface area contributed by atoms with E-state index in [1.807, 2.05) is 0 Å². The van der Waals surface area contributed by atoms with Crippen LogP contribution in [0.15, 0.2) is 11.8 Å². The number of ether oxygens (including phenoxy) is 1. The Balaban J connectivity index is 2.57. The van der Waals surface area contributed by atoms with Crippen molar-refractivity contribution in [2.75, 3.05) is 19.8 Å². The first-order chi connectivity index (χ1) is 9.54. The van der Waals surface area contributed by atoms with Crippen molar-refractivity contribution < 1.29 is 23.0 Å². The molecule has 124 valence electrons. The van der Waals surface area contributed by atoms with Crippen LogP contribution < -0.4 is 0 Å². The Morgan fingerprint density at radius 1 is 1.43 bits per heavy atom. The highest BCUT2D eigenvalue weighted by Crippen LogP contribution is 2.36. The summed E-state index contributed by atoms with van der Waals surface area (Å²) in [5.74, 6) is 0. The molecule has 21 heavy (non-hydrogen) atoms. The molecule has 0 aromatic heterocycles. The standard InChI is InChI=1S/C14H26F3NO2Si/c1-11(9-19)18-8-12(14(15,16)17)7-13(18)10-20-5-6-21(2,3)4/h8,11,13,19H,5-7,9-10H2,1-4H3. The van der Waals surface area contributed by atoms with Gasteiger partial charge in [0.05, 0.1) is 24.8 Å². The Labute approximate surface area is 125 Å². The minimum Gasteiger partial charge on any atom is -0.394 e. The molecule has 1 N–H and O–H groups in total. The van der Waals surface area contributed by atoms with Gasteiger partial charge in [-0.2, -0.15) is 13.2 Å². The first-order valence-corrected chi connectivity index (χ1v) is 11.0. The van der Waals surface area contributed by atoms with Crippen molar-refractivity contribution in [3.63, 3.8) is 0 Å². The normalized spacial score (nSPS) is 21.6. The van der Waals surface area contributed by atoms with E-state index >= 15 is 0 Å². The molecule has 7 heteroatoms. The lowest BCUT2D eigenvalue weighted by Crippen LogP contribution is -2.39. The van der Waals surface area contributed by atoms with Gasteiger partial charge < -0.3 is 14.7 Å². The number of rotatable bonds is 7. The van der Waals surface area contributed by atoms with Gasteiger partial charge in [0.2, 0.25) is 0 Å². The van der Waals surface area contributed by atoms with E-state index in [0.717, 1.165) is 12.2 Å². The number of aliphatic hydroxyl groups is 1. The lowest BCUT2D eigenvalue weighted by Gasteiger charge is -2.30. The number of alkyl halides is 3. The number of aliphatic hydroxyl groups excluding tert-OH is 1. The maximum atomic E-state index is 12.8. The predicted octanol–water partition coefficient (Wildman–Crippen LogP) is 3.24. The van der Waals surface area contributed by atoms with Gasteiger partial charge in [0.25, 0.3) is 0 Å². The van der Waals surface area contributed by atoms with Gasteiger partial charge in [0.1, 0.15) is 0 Å². The van der Waals surface area contributed by atoms with Crippen LogP contribution in [0.4, 0.5) is 13.2 Å². The van der Waals surface area contributed by atoms with E-state index in [1.165, 1.54) is 0 Å². The number of nitrogens with zero attached hydrogens (tertiary/aromatic N) is 1. The molecule has 0 amide bonds. The van der Waals surface area contributed by atoms with Crippen molar-refractivity contribution in [2.45, 2.75) is 57.3 Å². The average molecular weight is 325 g/mol. The Hall–Kier alpha value is -0.533. The molecule has 0 saturated heterocycles. The van der Waals surface area contributed by atoms with Crippen molar-refractivity contribution in [1.29, 1.82) is 0 Å². The molecular weight excluding hydrogens is 299 g/mol. The van der Waals surface area contributed by atoms with Gasteiger partial charge in [-0.15, -0.1) is 0 Å². The van der Waals surface area contributed by atoms with Crippen molar-refractivity contribution >= 4 is 8.07 Å². The second-order valence-electron chi connectivity index (χ2n) is 6.87. The maximum Gasteiger partial charge on any atom is 0.414 e. The lowest BCUT2D eigenvalue weighted by atomic mass is 10.1. The summed E-state index contributed by atoms with van der Waals surface area (Å²) >= 11 is 0. The molecule has 3 nitrogen and oxygen atoms in total. The predicted molar refractivity (Wildman–Crippen MR) is 79.9 cm³/mol. The summed E-state index contributed by atoms with van der Waals surface area (Å²) in [5.41, 5.74) is -0.540. The fourth-order valence-corrected chi connectivity index (χ4v) is 2.97. The largest absolute Gasteiger partial charge is 0.414 e. The topological polar surface area (TPSA) is 32.7 Å². The summed E-state index contributed by atoms with van der Waals surface area (Å²) in [6.07, 6.45) is -3.24. The second-order valence-corrected chi connectivity index (χ2v) is 12.5. The van der Waals surface area contributed by atoms with Gasteiger partial charge in [0, 0.05) is 33.3 Å². The fraction of sp³-hybridized carbons (Fsp3) is 0.857. The van der Waals surface area contributed by atoms with Gasteiger partial charge in [0.15, 0.2) is 0 Å². The molecule has 1 aliphatic rings. The van der Waals surface area contributed by atoms with Gasteiger partial charge in [-0.05, 0) is 13.0 Å². The third-order valence-electron chi connectivity index (χ3n) is 3.63. The third-order valence-corrected chi connectivity index (χ3v) is 5.33. The highest BCUT2D eigenvalue weighted by molar-refractivity contribution is 6.76. The number of hydrogen-bond donors (Lipinski definition) is 1. The van der Waals surface area contributed by atoms with Gasteiger partial charge in [-0.3, -0.25) is 0 Å². The van der Waals surface area contributed by atoms with E-state index in [2.05, 4.69) is 19.6 Å². The zero-order chi connectivity index (χ0) is 16.3. The summed E-state index contributed by atoms with van der Waals surface area (Å²) in [4.78, 5) is 1.58. The van der Waals surface area contributed by atoms with Crippen LogP contribution in [0.5, 0.6) is 0 Å². The van der Waals surface area contributed by atoms with Crippen molar-refractivity contribution in [3.8, 4) is 0 Å². The summed E-state index contributed by atoms with van der Waals surface area (Å²) < 4.78 is 44.1. The molecule has 1 rings (SSSR count). The van der Waals surface area contributed by atoms with E-state index < -0.39 is 19.8 Å². The smallest absolute Gasteiger partial charge is 0.394 e. The van der Waals surface area contributed by atoms with Gasteiger partial charge >= 0.3 is 6.18 Å². The van der Waals surface area contributed by atoms with Crippen molar-refractivity contribution in [1.82, 2.24) is 4.90 Å². The number of halogens is 3. The molecule has 0 radical (unpaired) electrons. The minimum atomic E-state index is -4.31. The quantitative estimate of drug-likeness (QED) is 0.576. The van der Waals surface area contributed by atoms with Crippen LogP contribution in [0.2, 0.25) is 25.7 Å². The molecule has 0 aliphatic carbocycles. The van der Waals surface area contributed by atoms with E-state index in [4.69, 9.17) is 4.74 Å². The Morgan fingerprint density at radius 2 is 2.05 bits per heavy atom. The first kappa shape index (κ1) is 18.5. The van der Waals surface area contributed by atoms with E-state index in [0.29, 0.717) is 6.61 Å². The highest BCUT2D eigenvalue weighted by Gasteiger charge is 2.41. The minimum absolute atomic E-state index is 0.0687. The van der Waals surface area contributed by atoms with Crippen LogP contribution >= 0.6 is 0 Å². The molecule has 1 heterocycles. The van der Waals surface area contributed by atoms with Crippen molar-refractivity contribution in [3.05, 3.63) is 11.8 Å². The van der Waals surface area contributed by atoms with Gasteiger partial charge in [-0.25, -0.2) is 0 Å². The molecule has 2 atom stereocenters. The zero-order valence-electron chi connectivity index (χ0n) is 13.2. The fourth-order valence-electron chi connectivity index (χ4n) is 2.21. The maximum absolute atomic E-state index is 12.8. The molecule has 0 bridgehead atoms. The Kier molecular flexibility index (Phi) is 6.31. The summed E-state index contributed by atoms with van der Waals surface area (Å²) in [6.45, 7) is 9.10. The molecule has 0 aromatic rings. The van der Waals surface area contributed by atoms with E-state index in [9.17, 15) is 18.3 Å². The molecule has 0 aromatic carbocycles. The zero-order valence-corrected chi connectivity index (χ0v) is 14.2. The average Bonchev–Trinajstić information content (AvgIpc) is 2.76. The summed E-state index contributed by atoms with van der Waals surface area (Å²) in [7, 11) is -1.19. The Morgan fingerprint density at radius 3 is 2.52 bits per heavy atom. The molecule has 1 aliphatic heterocycles. The number of hydrogen-bond acceptors (Lipinski definition) is 3. The monoisotopic (exact) mass is 325 g/mol. The van der Waals surface area contributed by atoms with E-state index in [-0.39, 0.29) is 31.7 Å². The van der Waals surface area contributed by atoms with Crippen LogP contribution in [-0.4, -0.2) is 56.2 Å². The van der Waals surface area contributed by atoms with Crippen LogP contribution in [0.3, 0.4) is 0 Å². The second kappa shape index (κ2) is 7.15. The summed E-state index contributed by atoms with van der Waals surface area (Å²) in [5, 5.41) is 9.19. The SMILES string of the molecule is CC(CO)N1C=C(C(F)(F)F)CC1COCC[Si](C)(C)C. The highest BCUT2D eigenvalue weighted by atomic mass is 28.3. The van der Waals surface area contributed by atoms with Crippen LogP contribution in [0, 0.1) is 0 Å². The van der Waals surface area contributed by atoms with Crippen LogP contribution in [0.1, 0.15) is 13.3 Å². The molecular formula is C14H26F3NO2Si. The molecule has 0 spiro atoms. The molecule has 0 saturated carbocycles. The van der Waals surface area contributed by atoms with Crippen LogP contribution in [0.25, 0.3) is 0 Å². The first-order valence-electron chi connectivity index (χ1n) is 7.28. The Bertz CT molecular complexity index is 366. The third kappa shape index (κ3) is 6.00. The van der Waals surface area contributed by atoms with Crippen molar-refractivity contribution in [2.24, 2.45) is 0 Å².